The van der Waals surface area contributed by atoms with E-state index in [0.717, 1.165) is 6.54 Å². The van der Waals surface area contributed by atoms with Crippen LogP contribution in [0.3, 0.4) is 0 Å². The van der Waals surface area contributed by atoms with Crippen LogP contribution in [0.4, 0.5) is 5.69 Å². The molecule has 1 aromatic rings. The van der Waals surface area contributed by atoms with Crippen molar-refractivity contribution in [3.05, 3.63) is 29.3 Å². The van der Waals surface area contributed by atoms with E-state index in [4.69, 9.17) is 0 Å². The number of rotatable bonds is 3. The molecule has 1 aromatic carbocycles. The molecule has 0 unspecified atom stereocenters. The zero-order valence-corrected chi connectivity index (χ0v) is 12.7. The first kappa shape index (κ1) is 13.9. The third-order valence-corrected chi connectivity index (χ3v) is 4.57. The summed E-state index contributed by atoms with van der Waals surface area (Å²) in [6, 6.07) is 6.96. The van der Waals surface area contributed by atoms with Crippen LogP contribution >= 0.6 is 0 Å². The summed E-state index contributed by atoms with van der Waals surface area (Å²) in [6.07, 6.45) is 3.84. The lowest BCUT2D eigenvalue weighted by Crippen LogP contribution is -2.39. The van der Waals surface area contributed by atoms with Crippen LogP contribution < -0.4 is 10.2 Å². The highest BCUT2D eigenvalue weighted by molar-refractivity contribution is 5.56. The molecule has 0 radical (unpaired) electrons. The van der Waals surface area contributed by atoms with Gasteiger partial charge in [0.15, 0.2) is 0 Å². The average molecular weight is 273 g/mol. The molecule has 2 aliphatic rings. The zero-order chi connectivity index (χ0) is 13.8. The van der Waals surface area contributed by atoms with Gasteiger partial charge in [0.25, 0.3) is 0 Å². The van der Waals surface area contributed by atoms with Gasteiger partial charge in [0, 0.05) is 38.4 Å². The molecule has 0 aliphatic carbocycles. The standard InChI is InChI=1S/C17H27N3/c1-15-5-6-17-16(14-15)4-2-10-20(17)13-12-19-9-3-7-18-8-11-19/h5-6,14,18H,2-4,7-13H2,1H3. The molecule has 0 saturated carbocycles. The Morgan fingerprint density at radius 1 is 1.05 bits per heavy atom. The SMILES string of the molecule is Cc1ccc2c(c1)CCCN2CCN1CCCNCC1. The zero-order valence-electron chi connectivity index (χ0n) is 12.7. The molecule has 1 N–H and O–H groups in total. The topological polar surface area (TPSA) is 18.5 Å². The lowest BCUT2D eigenvalue weighted by atomic mass is 9.99. The summed E-state index contributed by atoms with van der Waals surface area (Å²) in [5.74, 6) is 0. The number of fused-ring (bicyclic) bond motifs is 1. The summed E-state index contributed by atoms with van der Waals surface area (Å²) in [5.41, 5.74) is 4.42. The fourth-order valence-electron chi connectivity index (χ4n) is 3.42. The Morgan fingerprint density at radius 3 is 2.95 bits per heavy atom. The molecule has 1 fully saturated rings. The maximum absolute atomic E-state index is 3.48. The molecule has 0 aromatic heterocycles. The first-order valence-electron chi connectivity index (χ1n) is 8.10. The van der Waals surface area contributed by atoms with Crippen LogP contribution in [0.5, 0.6) is 0 Å². The van der Waals surface area contributed by atoms with Crippen LogP contribution in [-0.2, 0) is 6.42 Å². The van der Waals surface area contributed by atoms with Gasteiger partial charge in [-0.05, 0) is 50.9 Å². The van der Waals surface area contributed by atoms with Crippen molar-refractivity contribution >= 4 is 5.69 Å². The van der Waals surface area contributed by atoms with E-state index in [1.54, 1.807) is 5.56 Å². The maximum Gasteiger partial charge on any atom is 0.0399 e. The van der Waals surface area contributed by atoms with Crippen molar-refractivity contribution < 1.29 is 0 Å². The van der Waals surface area contributed by atoms with Gasteiger partial charge in [0.2, 0.25) is 0 Å². The van der Waals surface area contributed by atoms with Gasteiger partial charge in [0.05, 0.1) is 0 Å². The van der Waals surface area contributed by atoms with E-state index in [-0.39, 0.29) is 0 Å². The fourth-order valence-corrected chi connectivity index (χ4v) is 3.42. The summed E-state index contributed by atoms with van der Waals surface area (Å²) < 4.78 is 0. The second-order valence-corrected chi connectivity index (χ2v) is 6.17. The lowest BCUT2D eigenvalue weighted by Gasteiger charge is -2.33. The van der Waals surface area contributed by atoms with Gasteiger partial charge < -0.3 is 15.1 Å². The van der Waals surface area contributed by atoms with Crippen molar-refractivity contribution in [2.24, 2.45) is 0 Å². The summed E-state index contributed by atoms with van der Waals surface area (Å²) in [4.78, 5) is 5.21. The van der Waals surface area contributed by atoms with Gasteiger partial charge in [-0.2, -0.15) is 0 Å². The Hall–Kier alpha value is -1.06. The minimum Gasteiger partial charge on any atom is -0.370 e. The van der Waals surface area contributed by atoms with Crippen LogP contribution in [0.1, 0.15) is 24.0 Å². The largest absolute Gasteiger partial charge is 0.370 e. The van der Waals surface area contributed by atoms with Gasteiger partial charge in [0.1, 0.15) is 0 Å². The van der Waals surface area contributed by atoms with Crippen LogP contribution in [0, 0.1) is 6.92 Å². The number of nitrogens with one attached hydrogen (secondary N) is 1. The van der Waals surface area contributed by atoms with Crippen molar-refractivity contribution in [3.63, 3.8) is 0 Å². The second kappa shape index (κ2) is 6.59. The van der Waals surface area contributed by atoms with E-state index >= 15 is 0 Å². The molecular formula is C17H27N3. The van der Waals surface area contributed by atoms with Crippen molar-refractivity contribution in [1.82, 2.24) is 10.2 Å². The number of aryl methyl sites for hydroxylation is 2. The molecule has 3 nitrogen and oxygen atoms in total. The second-order valence-electron chi connectivity index (χ2n) is 6.17. The fraction of sp³-hybridized carbons (Fsp3) is 0.647. The van der Waals surface area contributed by atoms with Crippen molar-refractivity contribution in [2.75, 3.05) is 50.7 Å². The number of benzene rings is 1. The average Bonchev–Trinajstić information content (AvgIpc) is 2.73. The quantitative estimate of drug-likeness (QED) is 0.909. The molecule has 0 amide bonds. The minimum absolute atomic E-state index is 1.15. The van der Waals surface area contributed by atoms with Crippen molar-refractivity contribution in [2.45, 2.75) is 26.2 Å². The Labute approximate surface area is 123 Å². The summed E-state index contributed by atoms with van der Waals surface area (Å²) in [7, 11) is 0. The summed E-state index contributed by atoms with van der Waals surface area (Å²) in [5, 5.41) is 3.48. The molecule has 0 bridgehead atoms. The Bertz CT molecular complexity index is 436. The highest BCUT2D eigenvalue weighted by atomic mass is 15.2. The molecule has 0 spiro atoms. The van der Waals surface area contributed by atoms with Crippen LogP contribution in [0.15, 0.2) is 18.2 Å². The number of hydrogen-bond acceptors (Lipinski definition) is 3. The van der Waals surface area contributed by atoms with Crippen LogP contribution in [0.2, 0.25) is 0 Å². The number of nitrogens with zero attached hydrogens (tertiary/aromatic N) is 2. The van der Waals surface area contributed by atoms with E-state index in [2.05, 4.69) is 40.2 Å². The molecule has 0 atom stereocenters. The van der Waals surface area contributed by atoms with Crippen molar-refractivity contribution in [3.8, 4) is 0 Å². The summed E-state index contributed by atoms with van der Waals surface area (Å²) >= 11 is 0. The molecule has 110 valence electrons. The predicted molar refractivity (Wildman–Crippen MR) is 85.6 cm³/mol. The molecule has 3 heteroatoms. The molecule has 2 heterocycles. The normalized spacial score (nSPS) is 20.6. The number of anilines is 1. The minimum atomic E-state index is 1.15. The van der Waals surface area contributed by atoms with Gasteiger partial charge in [-0.25, -0.2) is 0 Å². The maximum atomic E-state index is 3.48. The summed E-state index contributed by atoms with van der Waals surface area (Å²) in [6.45, 7) is 10.6. The van der Waals surface area contributed by atoms with Gasteiger partial charge >= 0.3 is 0 Å². The Balaban J connectivity index is 1.61. The Morgan fingerprint density at radius 2 is 2.00 bits per heavy atom. The molecule has 2 aliphatic heterocycles. The van der Waals surface area contributed by atoms with Crippen molar-refractivity contribution in [1.29, 1.82) is 0 Å². The highest BCUT2D eigenvalue weighted by Crippen LogP contribution is 2.27. The number of hydrogen-bond donors (Lipinski definition) is 1. The molecule has 1 saturated heterocycles. The van der Waals surface area contributed by atoms with Crippen LogP contribution in [-0.4, -0.2) is 50.7 Å². The predicted octanol–water partition coefficient (Wildman–Crippen LogP) is 2.04. The van der Waals surface area contributed by atoms with E-state index in [1.807, 2.05) is 0 Å². The first-order valence-corrected chi connectivity index (χ1v) is 8.10. The van der Waals surface area contributed by atoms with E-state index in [1.165, 1.54) is 69.8 Å². The van der Waals surface area contributed by atoms with E-state index in [9.17, 15) is 0 Å². The highest BCUT2D eigenvalue weighted by Gasteiger charge is 2.17. The third-order valence-electron chi connectivity index (χ3n) is 4.57. The Kier molecular flexibility index (Phi) is 4.58. The lowest BCUT2D eigenvalue weighted by molar-refractivity contribution is 0.297. The smallest absolute Gasteiger partial charge is 0.0399 e. The first-order chi connectivity index (χ1) is 9.83. The van der Waals surface area contributed by atoms with E-state index in [0.29, 0.717) is 0 Å². The molecule has 3 rings (SSSR count). The van der Waals surface area contributed by atoms with Gasteiger partial charge in [-0.15, -0.1) is 0 Å². The monoisotopic (exact) mass is 273 g/mol. The molecular weight excluding hydrogens is 246 g/mol. The van der Waals surface area contributed by atoms with Gasteiger partial charge in [-0.1, -0.05) is 17.7 Å². The van der Waals surface area contributed by atoms with Gasteiger partial charge in [-0.3, -0.25) is 0 Å². The molecule has 20 heavy (non-hydrogen) atoms. The van der Waals surface area contributed by atoms with E-state index < -0.39 is 0 Å². The third kappa shape index (κ3) is 3.33. The van der Waals surface area contributed by atoms with Crippen LogP contribution in [0.25, 0.3) is 0 Å².